The first-order valence-corrected chi connectivity index (χ1v) is 35.3. The van der Waals surface area contributed by atoms with E-state index in [0.717, 1.165) is 64.2 Å². The molecule has 1 amide bonds. The highest BCUT2D eigenvalue weighted by Gasteiger charge is 2.51. The Bertz CT molecular complexity index is 1780. The lowest BCUT2D eigenvalue weighted by molar-refractivity contribution is -0.359. The smallest absolute Gasteiger partial charge is 0.220 e. The Hall–Kier alpha value is -2.83. The Morgan fingerprint density at radius 3 is 1.26 bits per heavy atom. The van der Waals surface area contributed by atoms with Crippen molar-refractivity contribution in [1.82, 2.24) is 5.32 Å². The second kappa shape index (κ2) is 57.1. The molecule has 2 aliphatic heterocycles. The molecule has 2 fully saturated rings. The number of amides is 1. The van der Waals surface area contributed by atoms with Crippen LogP contribution in [0.4, 0.5) is 0 Å². The number of carbonyl (C=O) groups is 1. The molecule has 0 saturated carbocycles. The van der Waals surface area contributed by atoms with Crippen LogP contribution in [0.5, 0.6) is 0 Å². The summed E-state index contributed by atoms with van der Waals surface area (Å²) in [7, 11) is 0. The van der Waals surface area contributed by atoms with E-state index in [4.69, 9.17) is 18.9 Å². The van der Waals surface area contributed by atoms with Gasteiger partial charge in [-0.25, -0.2) is 0 Å². The van der Waals surface area contributed by atoms with Gasteiger partial charge in [-0.3, -0.25) is 4.79 Å². The molecule has 12 unspecified atom stereocenters. The summed E-state index contributed by atoms with van der Waals surface area (Å²) in [5, 5.41) is 87.2. The highest BCUT2D eigenvalue weighted by molar-refractivity contribution is 5.76. The number of hydrogen-bond acceptors (Lipinski definition) is 13. The number of allylic oxidation sites excluding steroid dienone is 13. The van der Waals surface area contributed by atoms with Gasteiger partial charge in [-0.1, -0.05) is 279 Å². The van der Waals surface area contributed by atoms with Crippen LogP contribution in [0.1, 0.15) is 277 Å². The molecule has 0 radical (unpaired) electrons. The van der Waals surface area contributed by atoms with Crippen LogP contribution in [0, 0.1) is 0 Å². The normalized spacial score (nSPS) is 23.8. The fraction of sp³-hybridized carbons (Fsp3) is 0.795. The maximum Gasteiger partial charge on any atom is 0.220 e. The molecule has 0 aromatic carbocycles. The molecule has 504 valence electrons. The van der Waals surface area contributed by atoms with Crippen molar-refractivity contribution in [3.63, 3.8) is 0 Å². The number of ether oxygens (including phenoxy) is 4. The number of aliphatic hydroxyl groups excluding tert-OH is 8. The van der Waals surface area contributed by atoms with Crippen molar-refractivity contribution >= 4 is 5.91 Å². The Kier molecular flexibility index (Phi) is 52.7. The van der Waals surface area contributed by atoms with Crippen LogP contribution in [0.2, 0.25) is 0 Å². The van der Waals surface area contributed by atoms with Crippen LogP contribution in [0.15, 0.2) is 85.1 Å². The number of carbonyl (C=O) groups excluding carboxylic acids is 1. The maximum absolute atomic E-state index is 13.3. The highest BCUT2D eigenvalue weighted by atomic mass is 16.7. The Morgan fingerprint density at radius 1 is 0.425 bits per heavy atom. The number of aliphatic hydroxyl groups is 8. The standard InChI is InChI=1S/C73H129NO13/c1-3-5-7-9-11-13-15-17-19-20-21-22-23-24-25-26-27-28-29-30-31-32-33-34-35-36-37-38-39-40-41-42-43-45-47-49-51-53-55-57-65(78)74-61(62(77)56-54-52-50-48-46-44-18-16-14-12-10-8-6-4-2)60-84-72-70(83)68(81)71(64(59-76)86-72)87-73-69(82)67(80)66(79)63(58-75)85-73/h5,7,11,13,17,19,21-22,24-25,46,48,54,56,61-64,66-73,75-77,79-83H,3-4,6,8-10,12,14-16,18,20,23,26-45,47,49-53,55,57-60H2,1-2H3,(H,74,78)/b7-5-,13-11-,19-17-,22-21-,25-24-,48-46+,56-54+. The third kappa shape index (κ3) is 41.3. The van der Waals surface area contributed by atoms with Crippen molar-refractivity contribution in [3.8, 4) is 0 Å². The van der Waals surface area contributed by atoms with E-state index in [-0.39, 0.29) is 18.9 Å². The number of nitrogens with one attached hydrogen (secondary N) is 1. The molecule has 2 saturated heterocycles. The molecule has 2 aliphatic rings. The first kappa shape index (κ1) is 80.3. The molecule has 2 heterocycles. The minimum atomic E-state index is -1.79. The van der Waals surface area contributed by atoms with Gasteiger partial charge in [0.05, 0.1) is 32.0 Å². The van der Waals surface area contributed by atoms with E-state index in [0.29, 0.717) is 12.8 Å². The lowest BCUT2D eigenvalue weighted by Crippen LogP contribution is -2.65. The van der Waals surface area contributed by atoms with Crippen molar-refractivity contribution in [2.75, 3.05) is 19.8 Å². The van der Waals surface area contributed by atoms with Gasteiger partial charge in [0.25, 0.3) is 0 Å². The van der Waals surface area contributed by atoms with Crippen LogP contribution in [-0.4, -0.2) is 140 Å². The van der Waals surface area contributed by atoms with Crippen LogP contribution >= 0.6 is 0 Å². The molecular formula is C73H129NO13. The van der Waals surface area contributed by atoms with E-state index in [1.807, 2.05) is 6.08 Å². The van der Waals surface area contributed by atoms with Crippen molar-refractivity contribution < 1.29 is 64.6 Å². The van der Waals surface area contributed by atoms with Crippen LogP contribution in [-0.2, 0) is 23.7 Å². The zero-order valence-corrected chi connectivity index (χ0v) is 54.7. The van der Waals surface area contributed by atoms with Crippen molar-refractivity contribution in [3.05, 3.63) is 85.1 Å². The third-order valence-corrected chi connectivity index (χ3v) is 16.8. The average molecular weight is 1230 g/mol. The molecule has 2 rings (SSSR count). The first-order valence-electron chi connectivity index (χ1n) is 35.3. The second-order valence-corrected chi connectivity index (χ2v) is 24.6. The Morgan fingerprint density at radius 2 is 0.805 bits per heavy atom. The highest BCUT2D eigenvalue weighted by Crippen LogP contribution is 2.30. The summed E-state index contributed by atoms with van der Waals surface area (Å²) >= 11 is 0. The van der Waals surface area contributed by atoms with Gasteiger partial charge in [-0.15, -0.1) is 0 Å². The molecule has 0 spiro atoms. The molecule has 0 aliphatic carbocycles. The SMILES string of the molecule is CC/C=C\C/C=C\C/C=C\C/C=C\C/C=C\CCCCCCCCCCCCCCCCCCCCCCCCCC(=O)NC(COC1OC(CO)C(OC2OC(CO)C(O)C(O)C2O)C(O)C1O)C(O)/C=C/CC/C=C/CCCCCCCCCC. The van der Waals surface area contributed by atoms with Crippen LogP contribution in [0.25, 0.3) is 0 Å². The summed E-state index contributed by atoms with van der Waals surface area (Å²) in [6.07, 6.45) is 62.4. The van der Waals surface area contributed by atoms with Gasteiger partial charge in [0.2, 0.25) is 5.91 Å². The van der Waals surface area contributed by atoms with Gasteiger partial charge in [0.1, 0.15) is 48.8 Å². The quantitative estimate of drug-likeness (QED) is 0.0204. The summed E-state index contributed by atoms with van der Waals surface area (Å²) in [5.41, 5.74) is 0. The molecule has 14 nitrogen and oxygen atoms in total. The summed E-state index contributed by atoms with van der Waals surface area (Å²) in [6, 6.07) is -0.932. The molecule has 9 N–H and O–H groups in total. The number of hydrogen-bond donors (Lipinski definition) is 9. The van der Waals surface area contributed by atoms with Gasteiger partial charge >= 0.3 is 0 Å². The largest absolute Gasteiger partial charge is 0.394 e. The van der Waals surface area contributed by atoms with Gasteiger partial charge in [-0.2, -0.15) is 0 Å². The molecule has 14 heteroatoms. The first-order chi connectivity index (χ1) is 42.6. The predicted molar refractivity (Wildman–Crippen MR) is 355 cm³/mol. The zero-order chi connectivity index (χ0) is 63.1. The van der Waals surface area contributed by atoms with Gasteiger partial charge in [-0.05, 0) is 77.0 Å². The molecular weight excluding hydrogens is 1100 g/mol. The van der Waals surface area contributed by atoms with E-state index in [1.165, 1.54) is 180 Å². The third-order valence-electron chi connectivity index (χ3n) is 16.8. The van der Waals surface area contributed by atoms with E-state index in [2.05, 4.69) is 92.1 Å². The molecule has 0 aromatic rings. The van der Waals surface area contributed by atoms with Crippen LogP contribution in [0.3, 0.4) is 0 Å². The minimum Gasteiger partial charge on any atom is -0.394 e. The monoisotopic (exact) mass is 1230 g/mol. The number of unbranched alkanes of at least 4 members (excludes halogenated alkanes) is 32. The van der Waals surface area contributed by atoms with Gasteiger partial charge in [0.15, 0.2) is 12.6 Å². The molecule has 0 bridgehead atoms. The fourth-order valence-corrected chi connectivity index (χ4v) is 11.2. The predicted octanol–water partition coefficient (Wildman–Crippen LogP) is 14.4. The van der Waals surface area contributed by atoms with Crippen LogP contribution < -0.4 is 5.32 Å². The molecule has 87 heavy (non-hydrogen) atoms. The van der Waals surface area contributed by atoms with Crippen molar-refractivity contribution in [1.29, 1.82) is 0 Å². The lowest BCUT2D eigenvalue weighted by atomic mass is 9.97. The fourth-order valence-electron chi connectivity index (χ4n) is 11.2. The van der Waals surface area contributed by atoms with E-state index >= 15 is 0 Å². The average Bonchev–Trinajstić information content (AvgIpc) is 2.05. The topological polar surface area (TPSA) is 228 Å². The molecule has 0 aromatic heterocycles. The van der Waals surface area contributed by atoms with Gasteiger partial charge in [0, 0.05) is 6.42 Å². The van der Waals surface area contributed by atoms with Gasteiger partial charge < -0.3 is 65.1 Å². The van der Waals surface area contributed by atoms with E-state index in [9.17, 15) is 45.6 Å². The Labute approximate surface area is 529 Å². The van der Waals surface area contributed by atoms with E-state index < -0.39 is 86.8 Å². The van der Waals surface area contributed by atoms with Crippen molar-refractivity contribution in [2.24, 2.45) is 0 Å². The summed E-state index contributed by atoms with van der Waals surface area (Å²) < 4.78 is 22.8. The number of rotatable bonds is 57. The summed E-state index contributed by atoms with van der Waals surface area (Å²) in [5.74, 6) is -0.247. The minimum absolute atomic E-state index is 0.247. The molecule has 12 atom stereocenters. The van der Waals surface area contributed by atoms with Crippen molar-refractivity contribution in [2.45, 2.75) is 351 Å². The maximum atomic E-state index is 13.3. The van der Waals surface area contributed by atoms with E-state index in [1.54, 1.807) is 6.08 Å². The lowest BCUT2D eigenvalue weighted by Gasteiger charge is -2.46. The zero-order valence-electron chi connectivity index (χ0n) is 54.7. The Balaban J connectivity index is 1.57. The summed E-state index contributed by atoms with van der Waals surface area (Å²) in [6.45, 7) is 2.67. The second-order valence-electron chi connectivity index (χ2n) is 24.6. The summed E-state index contributed by atoms with van der Waals surface area (Å²) in [4.78, 5) is 13.3.